The summed E-state index contributed by atoms with van der Waals surface area (Å²) in [4.78, 5) is 13.4. The summed E-state index contributed by atoms with van der Waals surface area (Å²) in [7, 11) is 0. The minimum Gasteiger partial charge on any atom is -0.507 e. The molecule has 0 saturated heterocycles. The van der Waals surface area contributed by atoms with Gasteiger partial charge in [-0.2, -0.15) is 10.2 Å². The number of phenols is 1. The molecule has 0 aliphatic rings. The number of rotatable bonds is 6. The van der Waals surface area contributed by atoms with Crippen LogP contribution in [0.1, 0.15) is 24.5 Å². The SMILES string of the molecule is CC/C(=N\N=C\c1ccccc1O)c1c(-c2ccccc2)[nH]n(-c2ccccc2)c1=O. The minimum absolute atomic E-state index is 0.123. The molecule has 0 unspecified atom stereocenters. The van der Waals surface area contributed by atoms with E-state index in [1.807, 2.05) is 73.7 Å². The van der Waals surface area contributed by atoms with Gasteiger partial charge in [0.15, 0.2) is 0 Å². The van der Waals surface area contributed by atoms with Crippen molar-refractivity contribution in [2.75, 3.05) is 0 Å². The Hall–Kier alpha value is -4.19. The molecule has 154 valence electrons. The Morgan fingerprint density at radius 3 is 2.29 bits per heavy atom. The number of H-pyrrole nitrogens is 1. The van der Waals surface area contributed by atoms with Crippen LogP contribution in [0.5, 0.6) is 5.75 Å². The lowest BCUT2D eigenvalue weighted by Crippen LogP contribution is -2.20. The molecule has 0 aliphatic carbocycles. The lowest BCUT2D eigenvalue weighted by atomic mass is 10.0. The number of hydrogen-bond acceptors (Lipinski definition) is 4. The minimum atomic E-state index is -0.191. The fraction of sp³-hybridized carbons (Fsp3) is 0.0800. The quantitative estimate of drug-likeness (QED) is 0.354. The number of para-hydroxylation sites is 2. The maximum atomic E-state index is 13.4. The number of nitrogens with zero attached hydrogens (tertiary/aromatic N) is 3. The van der Waals surface area contributed by atoms with E-state index in [1.54, 1.807) is 18.2 Å². The second-order valence-electron chi connectivity index (χ2n) is 6.91. The molecule has 0 radical (unpaired) electrons. The fourth-order valence-electron chi connectivity index (χ4n) is 3.33. The molecule has 4 rings (SSSR count). The summed E-state index contributed by atoms with van der Waals surface area (Å²) in [5.41, 5.74) is 3.71. The number of aromatic hydroxyl groups is 1. The number of aromatic nitrogens is 2. The molecule has 3 aromatic carbocycles. The van der Waals surface area contributed by atoms with Crippen LogP contribution in [-0.4, -0.2) is 26.8 Å². The Kier molecular flexibility index (Phi) is 5.89. The van der Waals surface area contributed by atoms with Crippen LogP contribution in [0.2, 0.25) is 0 Å². The van der Waals surface area contributed by atoms with E-state index in [0.717, 1.165) is 11.3 Å². The predicted octanol–water partition coefficient (Wildman–Crippen LogP) is 4.77. The van der Waals surface area contributed by atoms with Crippen molar-refractivity contribution in [2.24, 2.45) is 10.2 Å². The van der Waals surface area contributed by atoms with Gasteiger partial charge in [-0.05, 0) is 30.7 Å². The lowest BCUT2D eigenvalue weighted by molar-refractivity contribution is 0.474. The second-order valence-corrected chi connectivity index (χ2v) is 6.91. The highest BCUT2D eigenvalue weighted by Gasteiger charge is 2.20. The second kappa shape index (κ2) is 9.09. The molecule has 0 amide bonds. The smallest absolute Gasteiger partial charge is 0.281 e. The van der Waals surface area contributed by atoms with Gasteiger partial charge in [-0.15, -0.1) is 0 Å². The first-order valence-electron chi connectivity index (χ1n) is 10.0. The van der Waals surface area contributed by atoms with Crippen LogP contribution in [0.15, 0.2) is 99.9 Å². The summed E-state index contributed by atoms with van der Waals surface area (Å²) >= 11 is 0. The zero-order chi connectivity index (χ0) is 21.6. The van der Waals surface area contributed by atoms with E-state index < -0.39 is 0 Å². The monoisotopic (exact) mass is 410 g/mol. The first-order valence-corrected chi connectivity index (χ1v) is 10.0. The summed E-state index contributed by atoms with van der Waals surface area (Å²) in [6, 6.07) is 26.0. The highest BCUT2D eigenvalue weighted by Crippen LogP contribution is 2.22. The largest absolute Gasteiger partial charge is 0.507 e. The van der Waals surface area contributed by atoms with Crippen molar-refractivity contribution in [3.63, 3.8) is 0 Å². The van der Waals surface area contributed by atoms with Gasteiger partial charge in [-0.25, -0.2) is 4.68 Å². The van der Waals surface area contributed by atoms with Crippen LogP contribution in [0.3, 0.4) is 0 Å². The summed E-state index contributed by atoms with van der Waals surface area (Å²) in [6.07, 6.45) is 2.00. The first-order chi connectivity index (χ1) is 15.2. The number of phenolic OH excluding ortho intramolecular Hbond substituents is 1. The third kappa shape index (κ3) is 4.23. The Balaban J connectivity index is 1.84. The number of benzene rings is 3. The molecule has 0 aliphatic heterocycles. The Morgan fingerprint density at radius 1 is 0.968 bits per heavy atom. The van der Waals surface area contributed by atoms with Crippen LogP contribution < -0.4 is 5.56 Å². The molecule has 1 aromatic heterocycles. The Labute approximate surface area is 179 Å². The van der Waals surface area contributed by atoms with Crippen molar-refractivity contribution in [2.45, 2.75) is 13.3 Å². The summed E-state index contributed by atoms with van der Waals surface area (Å²) < 4.78 is 1.52. The zero-order valence-corrected chi connectivity index (χ0v) is 17.1. The highest BCUT2D eigenvalue weighted by atomic mass is 16.3. The summed E-state index contributed by atoms with van der Waals surface area (Å²) in [6.45, 7) is 1.93. The van der Waals surface area contributed by atoms with Crippen molar-refractivity contribution >= 4 is 11.9 Å². The Bertz CT molecular complexity index is 1290. The van der Waals surface area contributed by atoms with Gasteiger partial charge in [-0.3, -0.25) is 9.89 Å². The molecule has 31 heavy (non-hydrogen) atoms. The maximum absolute atomic E-state index is 13.4. The van der Waals surface area contributed by atoms with E-state index in [9.17, 15) is 9.90 Å². The molecule has 6 nitrogen and oxygen atoms in total. The zero-order valence-electron chi connectivity index (χ0n) is 17.1. The van der Waals surface area contributed by atoms with Crippen molar-refractivity contribution < 1.29 is 5.11 Å². The van der Waals surface area contributed by atoms with E-state index >= 15 is 0 Å². The molecule has 0 fully saturated rings. The van der Waals surface area contributed by atoms with Gasteiger partial charge in [0.1, 0.15) is 5.75 Å². The predicted molar refractivity (Wildman–Crippen MR) is 124 cm³/mol. The molecule has 2 N–H and O–H groups in total. The van der Waals surface area contributed by atoms with Crippen LogP contribution in [-0.2, 0) is 0 Å². The molecule has 0 atom stereocenters. The number of aromatic amines is 1. The van der Waals surface area contributed by atoms with Crippen molar-refractivity contribution in [3.05, 3.63) is 106 Å². The fourth-order valence-corrected chi connectivity index (χ4v) is 3.33. The molecular weight excluding hydrogens is 388 g/mol. The third-order valence-corrected chi connectivity index (χ3v) is 4.90. The summed E-state index contributed by atoms with van der Waals surface area (Å²) in [5.74, 6) is 0.123. The van der Waals surface area contributed by atoms with Crippen LogP contribution in [0.4, 0.5) is 0 Å². The Morgan fingerprint density at radius 2 is 1.61 bits per heavy atom. The topological polar surface area (TPSA) is 82.7 Å². The lowest BCUT2D eigenvalue weighted by Gasteiger charge is -2.03. The molecule has 0 saturated carbocycles. The third-order valence-electron chi connectivity index (χ3n) is 4.90. The maximum Gasteiger partial charge on any atom is 0.281 e. The summed E-state index contributed by atoms with van der Waals surface area (Å²) in [5, 5.41) is 21.7. The van der Waals surface area contributed by atoms with E-state index in [0.29, 0.717) is 29.0 Å². The molecule has 0 spiro atoms. The average Bonchev–Trinajstić information content (AvgIpc) is 3.16. The van der Waals surface area contributed by atoms with Gasteiger partial charge in [0.05, 0.1) is 28.9 Å². The number of hydrogen-bond donors (Lipinski definition) is 2. The van der Waals surface area contributed by atoms with E-state index in [2.05, 4.69) is 15.3 Å². The number of nitrogens with one attached hydrogen (secondary N) is 1. The molecular formula is C25H22N4O2. The van der Waals surface area contributed by atoms with Gasteiger partial charge in [-0.1, -0.05) is 67.6 Å². The standard InChI is InChI=1S/C25H22N4O2/c1-2-21(27-26-17-19-13-9-10-16-22(19)30)23-24(18-11-5-3-6-12-18)28-29(25(23)31)20-14-7-4-8-15-20/h3-17,28,30H,2H2,1H3/b26-17+,27-21+. The molecule has 0 bridgehead atoms. The van der Waals surface area contributed by atoms with Crippen molar-refractivity contribution in [1.29, 1.82) is 0 Å². The van der Waals surface area contributed by atoms with Crippen LogP contribution in [0.25, 0.3) is 16.9 Å². The normalized spacial score (nSPS) is 11.8. The van der Waals surface area contributed by atoms with Crippen molar-refractivity contribution in [3.8, 4) is 22.7 Å². The van der Waals surface area contributed by atoms with Gasteiger partial charge in [0.25, 0.3) is 5.56 Å². The van der Waals surface area contributed by atoms with Crippen LogP contribution in [0, 0.1) is 0 Å². The molecule has 4 aromatic rings. The van der Waals surface area contributed by atoms with Gasteiger partial charge in [0, 0.05) is 11.1 Å². The van der Waals surface area contributed by atoms with E-state index in [-0.39, 0.29) is 11.3 Å². The van der Waals surface area contributed by atoms with E-state index in [4.69, 9.17) is 0 Å². The average molecular weight is 410 g/mol. The molecule has 1 heterocycles. The van der Waals surface area contributed by atoms with Gasteiger partial charge < -0.3 is 5.11 Å². The van der Waals surface area contributed by atoms with Crippen LogP contribution >= 0.6 is 0 Å². The van der Waals surface area contributed by atoms with E-state index in [1.165, 1.54) is 10.9 Å². The highest BCUT2D eigenvalue weighted by molar-refractivity contribution is 6.05. The molecule has 6 heteroatoms. The first kappa shape index (κ1) is 20.1. The van der Waals surface area contributed by atoms with Gasteiger partial charge >= 0.3 is 0 Å². The van der Waals surface area contributed by atoms with Gasteiger partial charge in [0.2, 0.25) is 0 Å². The van der Waals surface area contributed by atoms with Crippen molar-refractivity contribution in [1.82, 2.24) is 9.78 Å².